The van der Waals surface area contributed by atoms with Crippen LogP contribution in [0, 0.1) is 5.82 Å². The highest BCUT2D eigenvalue weighted by Gasteiger charge is 2.20. The number of halogens is 1. The summed E-state index contributed by atoms with van der Waals surface area (Å²) >= 11 is 0. The summed E-state index contributed by atoms with van der Waals surface area (Å²) in [6.45, 7) is 0. The first-order chi connectivity index (χ1) is 11.1. The standard InChI is InChI=1S/C16H14FN3O3/c1-18-16(22)9-2-4-13(11(17)8-9)23-12-6-7-19-15-10(12)3-5-14(21)20-15/h2,4,6-8H,3,5H2,1H3,(H,18,22)(H,19,20,21). The van der Waals surface area contributed by atoms with E-state index in [1.165, 1.54) is 25.4 Å². The molecule has 0 unspecified atom stereocenters. The van der Waals surface area contributed by atoms with Gasteiger partial charge in [0.25, 0.3) is 5.91 Å². The Hall–Kier alpha value is -2.96. The Morgan fingerprint density at radius 3 is 2.87 bits per heavy atom. The normalized spacial score (nSPS) is 13.0. The number of fused-ring (bicyclic) bond motifs is 1. The number of amides is 2. The van der Waals surface area contributed by atoms with Crippen LogP contribution in [0.3, 0.4) is 0 Å². The summed E-state index contributed by atoms with van der Waals surface area (Å²) in [6.07, 6.45) is 2.28. The van der Waals surface area contributed by atoms with E-state index in [-0.39, 0.29) is 23.1 Å². The Kier molecular flexibility index (Phi) is 3.92. The molecule has 1 aromatic carbocycles. The summed E-state index contributed by atoms with van der Waals surface area (Å²) < 4.78 is 19.7. The number of hydrogen-bond acceptors (Lipinski definition) is 4. The van der Waals surface area contributed by atoms with Crippen molar-refractivity contribution >= 4 is 17.6 Å². The topological polar surface area (TPSA) is 80.3 Å². The number of rotatable bonds is 3. The van der Waals surface area contributed by atoms with Crippen LogP contribution in [0.1, 0.15) is 22.3 Å². The number of benzene rings is 1. The van der Waals surface area contributed by atoms with E-state index in [2.05, 4.69) is 15.6 Å². The summed E-state index contributed by atoms with van der Waals surface area (Å²) in [7, 11) is 1.47. The van der Waals surface area contributed by atoms with Gasteiger partial charge >= 0.3 is 0 Å². The van der Waals surface area contributed by atoms with Crippen molar-refractivity contribution in [1.82, 2.24) is 10.3 Å². The molecule has 118 valence electrons. The molecule has 0 radical (unpaired) electrons. The van der Waals surface area contributed by atoms with Crippen LogP contribution in [0.2, 0.25) is 0 Å². The molecule has 0 aliphatic carbocycles. The first-order valence-electron chi connectivity index (χ1n) is 7.05. The van der Waals surface area contributed by atoms with Gasteiger partial charge in [-0.2, -0.15) is 0 Å². The molecule has 3 rings (SSSR count). The van der Waals surface area contributed by atoms with Crippen LogP contribution in [0.15, 0.2) is 30.5 Å². The fourth-order valence-electron chi connectivity index (χ4n) is 2.34. The van der Waals surface area contributed by atoms with Crippen molar-refractivity contribution in [3.05, 3.63) is 47.4 Å². The van der Waals surface area contributed by atoms with Crippen molar-refractivity contribution in [1.29, 1.82) is 0 Å². The molecule has 0 bridgehead atoms. The number of aromatic nitrogens is 1. The van der Waals surface area contributed by atoms with Gasteiger partial charge in [-0.1, -0.05) is 0 Å². The molecule has 6 nitrogen and oxygen atoms in total. The molecule has 2 heterocycles. The SMILES string of the molecule is CNC(=O)c1ccc(Oc2ccnc3c2CCC(=O)N3)c(F)c1. The van der Waals surface area contributed by atoms with Crippen molar-refractivity contribution in [3.8, 4) is 11.5 Å². The van der Waals surface area contributed by atoms with E-state index in [4.69, 9.17) is 4.74 Å². The predicted molar refractivity (Wildman–Crippen MR) is 81.1 cm³/mol. The smallest absolute Gasteiger partial charge is 0.251 e. The predicted octanol–water partition coefficient (Wildman–Crippen LogP) is 2.26. The van der Waals surface area contributed by atoms with Crippen molar-refractivity contribution in [3.63, 3.8) is 0 Å². The minimum Gasteiger partial charge on any atom is -0.454 e. The monoisotopic (exact) mass is 315 g/mol. The highest BCUT2D eigenvalue weighted by atomic mass is 19.1. The molecule has 0 saturated carbocycles. The van der Waals surface area contributed by atoms with E-state index in [1.54, 1.807) is 6.07 Å². The summed E-state index contributed by atoms with van der Waals surface area (Å²) in [5.74, 6) is -0.259. The molecule has 0 atom stereocenters. The molecule has 0 spiro atoms. The molecule has 1 aromatic heterocycles. The quantitative estimate of drug-likeness (QED) is 0.910. The lowest BCUT2D eigenvalue weighted by atomic mass is 10.1. The van der Waals surface area contributed by atoms with E-state index in [1.807, 2.05) is 0 Å². The fraction of sp³-hybridized carbons (Fsp3) is 0.188. The number of nitrogens with zero attached hydrogens (tertiary/aromatic N) is 1. The second-order valence-electron chi connectivity index (χ2n) is 5.01. The largest absolute Gasteiger partial charge is 0.454 e. The van der Waals surface area contributed by atoms with E-state index < -0.39 is 5.82 Å². The van der Waals surface area contributed by atoms with Crippen LogP contribution in [-0.4, -0.2) is 23.8 Å². The number of pyridine rings is 1. The van der Waals surface area contributed by atoms with Gasteiger partial charge in [0, 0.05) is 30.8 Å². The van der Waals surface area contributed by atoms with Crippen LogP contribution < -0.4 is 15.4 Å². The number of hydrogen-bond donors (Lipinski definition) is 2. The summed E-state index contributed by atoms with van der Waals surface area (Å²) in [5.41, 5.74) is 0.934. The van der Waals surface area contributed by atoms with Gasteiger partial charge in [-0.15, -0.1) is 0 Å². The van der Waals surface area contributed by atoms with E-state index >= 15 is 0 Å². The van der Waals surface area contributed by atoms with Crippen molar-refractivity contribution < 1.29 is 18.7 Å². The molecular weight excluding hydrogens is 301 g/mol. The zero-order valence-electron chi connectivity index (χ0n) is 12.4. The van der Waals surface area contributed by atoms with Gasteiger partial charge in [0.1, 0.15) is 11.6 Å². The molecule has 23 heavy (non-hydrogen) atoms. The third-order valence-electron chi connectivity index (χ3n) is 3.51. The fourth-order valence-corrected chi connectivity index (χ4v) is 2.34. The van der Waals surface area contributed by atoms with Crippen LogP contribution in [0.4, 0.5) is 10.2 Å². The zero-order chi connectivity index (χ0) is 16.4. The van der Waals surface area contributed by atoms with Crippen LogP contribution in [0.25, 0.3) is 0 Å². The minimum absolute atomic E-state index is 0.00273. The maximum Gasteiger partial charge on any atom is 0.251 e. The van der Waals surface area contributed by atoms with Gasteiger partial charge in [0.2, 0.25) is 5.91 Å². The lowest BCUT2D eigenvalue weighted by Gasteiger charge is -2.19. The number of ether oxygens (including phenoxy) is 1. The molecule has 2 amide bonds. The van der Waals surface area contributed by atoms with Gasteiger partial charge in [0.15, 0.2) is 11.6 Å². The van der Waals surface area contributed by atoms with Gasteiger partial charge in [-0.3, -0.25) is 9.59 Å². The third-order valence-corrected chi connectivity index (χ3v) is 3.51. The van der Waals surface area contributed by atoms with Gasteiger partial charge in [0.05, 0.1) is 0 Å². The highest BCUT2D eigenvalue weighted by molar-refractivity contribution is 5.94. The third kappa shape index (κ3) is 2.98. The zero-order valence-corrected chi connectivity index (χ0v) is 12.4. The summed E-state index contributed by atoms with van der Waals surface area (Å²) in [4.78, 5) is 27.0. The van der Waals surface area contributed by atoms with Crippen LogP contribution in [0.5, 0.6) is 11.5 Å². The van der Waals surface area contributed by atoms with Crippen LogP contribution in [-0.2, 0) is 11.2 Å². The average molecular weight is 315 g/mol. The van der Waals surface area contributed by atoms with E-state index in [0.717, 1.165) is 11.6 Å². The number of carbonyl (C=O) groups excluding carboxylic acids is 2. The Morgan fingerprint density at radius 1 is 1.30 bits per heavy atom. The molecule has 0 fully saturated rings. The summed E-state index contributed by atoms with van der Waals surface area (Å²) in [6, 6.07) is 5.60. The maximum absolute atomic E-state index is 14.1. The number of carbonyl (C=O) groups is 2. The molecule has 1 aliphatic heterocycles. The van der Waals surface area contributed by atoms with Crippen molar-refractivity contribution in [2.75, 3.05) is 12.4 Å². The Morgan fingerprint density at radius 2 is 2.13 bits per heavy atom. The van der Waals surface area contributed by atoms with Crippen molar-refractivity contribution in [2.24, 2.45) is 0 Å². The molecule has 2 N–H and O–H groups in total. The van der Waals surface area contributed by atoms with Gasteiger partial charge in [-0.25, -0.2) is 9.37 Å². The van der Waals surface area contributed by atoms with E-state index in [0.29, 0.717) is 24.4 Å². The first-order valence-corrected chi connectivity index (χ1v) is 7.05. The maximum atomic E-state index is 14.1. The van der Waals surface area contributed by atoms with Crippen molar-refractivity contribution in [2.45, 2.75) is 12.8 Å². The van der Waals surface area contributed by atoms with Gasteiger partial charge < -0.3 is 15.4 Å². The lowest BCUT2D eigenvalue weighted by Crippen LogP contribution is -2.20. The minimum atomic E-state index is -0.642. The molecular formula is C16H14FN3O3. The van der Waals surface area contributed by atoms with Gasteiger partial charge in [-0.05, 0) is 30.7 Å². The number of anilines is 1. The lowest BCUT2D eigenvalue weighted by molar-refractivity contribution is -0.116. The molecule has 2 aromatic rings. The summed E-state index contributed by atoms with van der Waals surface area (Å²) in [5, 5.41) is 5.08. The Labute approximate surface area is 131 Å². The second-order valence-corrected chi connectivity index (χ2v) is 5.01. The molecule has 1 aliphatic rings. The first kappa shape index (κ1) is 15.0. The number of nitrogens with one attached hydrogen (secondary N) is 2. The molecule has 0 saturated heterocycles. The Balaban J connectivity index is 1.90. The van der Waals surface area contributed by atoms with E-state index in [9.17, 15) is 14.0 Å². The van der Waals surface area contributed by atoms with Crippen LogP contribution >= 0.6 is 0 Å². The molecule has 7 heteroatoms. The Bertz CT molecular complexity index is 792. The highest BCUT2D eigenvalue weighted by Crippen LogP contribution is 2.33. The average Bonchev–Trinajstić information content (AvgIpc) is 2.55. The second kappa shape index (κ2) is 6.04.